The Hall–Kier alpha value is -6.86. The average molecular weight is 630 g/mol. The van der Waals surface area contributed by atoms with Crippen LogP contribution in [-0.4, -0.2) is 29.9 Å². The third-order valence-corrected chi connectivity index (χ3v) is 8.62. The van der Waals surface area contributed by atoms with Gasteiger partial charge in [-0.05, 0) is 54.6 Å². The van der Waals surface area contributed by atoms with Crippen LogP contribution >= 0.6 is 0 Å². The number of nitrogens with zero attached hydrogens (tertiary/aromatic N) is 7. The zero-order valence-electron chi connectivity index (χ0n) is 26.2. The normalized spacial score (nSPS) is 11.3. The molecule has 0 fully saturated rings. The summed E-state index contributed by atoms with van der Waals surface area (Å²) in [4.78, 5) is 31.8. The summed E-state index contributed by atoms with van der Waals surface area (Å²) in [5.74, 6) is 2.02. The predicted octanol–water partition coefficient (Wildman–Crippen LogP) is 9.99. The molecule has 0 aliphatic rings. The summed E-state index contributed by atoms with van der Waals surface area (Å²) in [6.07, 6.45) is 5.45. The minimum absolute atomic E-state index is 0.673. The van der Waals surface area contributed by atoms with Crippen molar-refractivity contribution in [2.75, 3.05) is 4.90 Å². The summed E-state index contributed by atoms with van der Waals surface area (Å²) in [5, 5.41) is 3.17. The van der Waals surface area contributed by atoms with Crippen molar-refractivity contribution in [3.05, 3.63) is 164 Å². The van der Waals surface area contributed by atoms with Crippen LogP contribution in [0.2, 0.25) is 0 Å². The number of para-hydroxylation sites is 3. The van der Waals surface area contributed by atoms with E-state index in [4.69, 9.17) is 29.9 Å². The average Bonchev–Trinajstić information content (AvgIpc) is 3.18. The van der Waals surface area contributed by atoms with Crippen LogP contribution in [0, 0.1) is 0 Å². The lowest BCUT2D eigenvalue weighted by molar-refractivity contribution is 1.09. The van der Waals surface area contributed by atoms with Crippen LogP contribution in [0.15, 0.2) is 164 Å². The van der Waals surface area contributed by atoms with E-state index in [2.05, 4.69) is 54.6 Å². The quantitative estimate of drug-likeness (QED) is 0.181. The first kappa shape index (κ1) is 28.4. The fourth-order valence-electron chi connectivity index (χ4n) is 6.38. The summed E-state index contributed by atoms with van der Waals surface area (Å²) in [6.45, 7) is 0. The summed E-state index contributed by atoms with van der Waals surface area (Å²) in [7, 11) is 0. The van der Waals surface area contributed by atoms with Crippen molar-refractivity contribution in [2.45, 2.75) is 0 Å². The Labute approximate surface area is 282 Å². The smallest absolute Gasteiger partial charge is 0.140 e. The van der Waals surface area contributed by atoms with Crippen molar-refractivity contribution in [2.24, 2.45) is 0 Å². The van der Waals surface area contributed by atoms with Crippen molar-refractivity contribution < 1.29 is 0 Å². The van der Waals surface area contributed by atoms with E-state index in [1.54, 1.807) is 0 Å². The molecule has 0 bridgehead atoms. The number of pyridine rings is 6. The van der Waals surface area contributed by atoms with Gasteiger partial charge in [0.05, 0.1) is 33.6 Å². The lowest BCUT2D eigenvalue weighted by Gasteiger charge is -2.24. The molecule has 6 aromatic heterocycles. The fourth-order valence-corrected chi connectivity index (χ4v) is 6.38. The maximum atomic E-state index is 5.23. The van der Waals surface area contributed by atoms with E-state index in [1.807, 2.05) is 114 Å². The Kier molecular flexibility index (Phi) is 6.98. The second-order valence-corrected chi connectivity index (χ2v) is 11.6. The molecule has 3 aromatic carbocycles. The van der Waals surface area contributed by atoms with Crippen molar-refractivity contribution in [3.63, 3.8) is 0 Å². The number of hydrogen-bond acceptors (Lipinski definition) is 7. The van der Waals surface area contributed by atoms with Gasteiger partial charge < -0.3 is 0 Å². The number of benzene rings is 3. The van der Waals surface area contributed by atoms with Gasteiger partial charge in [0.15, 0.2) is 0 Å². The molecule has 0 N–H and O–H groups in total. The van der Waals surface area contributed by atoms with Crippen molar-refractivity contribution in [1.29, 1.82) is 0 Å². The van der Waals surface area contributed by atoms with Crippen LogP contribution in [-0.2, 0) is 0 Å². The van der Waals surface area contributed by atoms with Gasteiger partial charge in [-0.2, -0.15) is 0 Å². The lowest BCUT2D eigenvalue weighted by Crippen LogP contribution is -2.15. The molecule has 0 saturated carbocycles. The van der Waals surface area contributed by atoms with E-state index in [9.17, 15) is 0 Å². The van der Waals surface area contributed by atoms with Gasteiger partial charge >= 0.3 is 0 Å². The Morgan fingerprint density at radius 2 is 0.612 bits per heavy atom. The molecule has 49 heavy (non-hydrogen) atoms. The van der Waals surface area contributed by atoms with Gasteiger partial charge in [-0.1, -0.05) is 91.0 Å². The number of rotatable bonds is 6. The molecule has 6 heterocycles. The Morgan fingerprint density at radius 1 is 0.306 bits per heavy atom. The van der Waals surface area contributed by atoms with Crippen LogP contribution < -0.4 is 4.90 Å². The van der Waals surface area contributed by atoms with Gasteiger partial charge in [0.25, 0.3) is 0 Å². The SMILES string of the molecule is c1cc(-c2cccc3cccnc23)nc(N(c2cccc(-c3cccc4cccnc34)n2)c2cccc(-c3cccc4cccnc34)n2)c1. The monoisotopic (exact) mass is 629 g/mol. The van der Waals surface area contributed by atoms with Gasteiger partial charge in [0.2, 0.25) is 0 Å². The molecule has 9 rings (SSSR count). The molecular formula is C42H27N7. The molecule has 0 unspecified atom stereocenters. The summed E-state index contributed by atoms with van der Waals surface area (Å²) >= 11 is 0. The van der Waals surface area contributed by atoms with Crippen LogP contribution in [0.5, 0.6) is 0 Å². The first-order valence-electron chi connectivity index (χ1n) is 16.0. The first-order chi connectivity index (χ1) is 24.3. The minimum atomic E-state index is 0.673. The molecule has 9 aromatic rings. The molecule has 0 atom stereocenters. The maximum Gasteiger partial charge on any atom is 0.140 e. The minimum Gasteiger partial charge on any atom is -0.262 e. The largest absolute Gasteiger partial charge is 0.262 e. The highest BCUT2D eigenvalue weighted by Crippen LogP contribution is 2.37. The Balaban J connectivity index is 1.24. The van der Waals surface area contributed by atoms with E-state index in [0.717, 1.165) is 66.5 Å². The van der Waals surface area contributed by atoms with Gasteiger partial charge in [0, 0.05) is 51.4 Å². The molecule has 7 heteroatoms. The van der Waals surface area contributed by atoms with Crippen LogP contribution in [0.25, 0.3) is 66.5 Å². The molecular weight excluding hydrogens is 603 g/mol. The lowest BCUT2D eigenvalue weighted by atomic mass is 10.1. The van der Waals surface area contributed by atoms with E-state index in [1.165, 1.54) is 0 Å². The molecule has 7 nitrogen and oxygen atoms in total. The van der Waals surface area contributed by atoms with Crippen molar-refractivity contribution in [1.82, 2.24) is 29.9 Å². The zero-order chi connectivity index (χ0) is 32.6. The van der Waals surface area contributed by atoms with E-state index >= 15 is 0 Å². The maximum absolute atomic E-state index is 5.23. The second kappa shape index (κ2) is 12.1. The highest BCUT2D eigenvalue weighted by atomic mass is 15.3. The number of aromatic nitrogens is 6. The molecule has 0 radical (unpaired) electrons. The zero-order valence-corrected chi connectivity index (χ0v) is 26.2. The van der Waals surface area contributed by atoms with Gasteiger partial charge in [-0.25, -0.2) is 15.0 Å². The molecule has 230 valence electrons. The van der Waals surface area contributed by atoms with Crippen LogP contribution in [0.3, 0.4) is 0 Å². The van der Waals surface area contributed by atoms with Crippen LogP contribution in [0.4, 0.5) is 17.5 Å². The van der Waals surface area contributed by atoms with Gasteiger partial charge in [0.1, 0.15) is 17.5 Å². The molecule has 0 spiro atoms. The third-order valence-electron chi connectivity index (χ3n) is 8.62. The predicted molar refractivity (Wildman–Crippen MR) is 197 cm³/mol. The third kappa shape index (κ3) is 5.20. The fraction of sp³-hybridized carbons (Fsp3) is 0. The van der Waals surface area contributed by atoms with Crippen LogP contribution in [0.1, 0.15) is 0 Å². The van der Waals surface area contributed by atoms with Crippen molar-refractivity contribution in [3.8, 4) is 33.8 Å². The highest BCUT2D eigenvalue weighted by Gasteiger charge is 2.20. The van der Waals surface area contributed by atoms with Gasteiger partial charge in [-0.15, -0.1) is 0 Å². The number of anilines is 3. The second-order valence-electron chi connectivity index (χ2n) is 11.6. The molecule has 0 amide bonds. The summed E-state index contributed by atoms with van der Waals surface area (Å²) in [6, 6.07) is 48.6. The topological polar surface area (TPSA) is 80.6 Å². The number of hydrogen-bond donors (Lipinski definition) is 0. The molecule has 0 aliphatic heterocycles. The van der Waals surface area contributed by atoms with Crippen molar-refractivity contribution >= 4 is 50.2 Å². The van der Waals surface area contributed by atoms with E-state index in [-0.39, 0.29) is 0 Å². The number of fused-ring (bicyclic) bond motifs is 3. The standard InChI is InChI=1S/C42H27N7/c1-10-28-13-7-25-43-40(28)31(16-1)34-19-4-22-37(46-34)49(38-23-5-20-35(47-38)32-17-2-11-29-14-8-26-44-41(29)32)39-24-6-21-36(48-39)33-18-3-12-30-15-9-27-45-42(30)33/h1-27H. The van der Waals surface area contributed by atoms with E-state index < -0.39 is 0 Å². The Bertz CT molecular complexity index is 2350. The first-order valence-corrected chi connectivity index (χ1v) is 16.0. The van der Waals surface area contributed by atoms with E-state index in [0.29, 0.717) is 17.5 Å². The Morgan fingerprint density at radius 3 is 0.959 bits per heavy atom. The molecule has 0 saturated heterocycles. The van der Waals surface area contributed by atoms with Gasteiger partial charge in [-0.3, -0.25) is 19.9 Å². The summed E-state index contributed by atoms with van der Waals surface area (Å²) < 4.78 is 0. The molecule has 0 aliphatic carbocycles. The summed E-state index contributed by atoms with van der Waals surface area (Å²) in [5.41, 5.74) is 7.95. The highest BCUT2D eigenvalue weighted by molar-refractivity contribution is 5.95.